The molecule has 0 aliphatic carbocycles. The first kappa shape index (κ1) is 13.9. The molecule has 0 aliphatic rings. The van der Waals surface area contributed by atoms with Crippen molar-refractivity contribution in [3.63, 3.8) is 0 Å². The Bertz CT molecular complexity index is 315. The second-order valence-electron chi connectivity index (χ2n) is 4.12. The molecule has 0 saturated carbocycles. The minimum atomic E-state index is 0.704. The van der Waals surface area contributed by atoms with Gasteiger partial charge in [0.05, 0.1) is 7.11 Å². The summed E-state index contributed by atoms with van der Waals surface area (Å²) in [6, 6.07) is 8.20. The molecule has 1 atom stereocenters. The number of alkyl halides is 1. The summed E-state index contributed by atoms with van der Waals surface area (Å²) >= 11 is 5.46. The zero-order valence-corrected chi connectivity index (χ0v) is 12.5. The van der Waals surface area contributed by atoms with Crippen LogP contribution in [0, 0.1) is 11.8 Å². The first-order valence-electron chi connectivity index (χ1n) is 5.50. The van der Waals surface area contributed by atoms with Crippen molar-refractivity contribution in [3.8, 4) is 5.75 Å². The Hall–Kier alpha value is -0.150. The van der Waals surface area contributed by atoms with Crippen molar-refractivity contribution in [1.29, 1.82) is 0 Å². The van der Waals surface area contributed by atoms with Gasteiger partial charge in [-0.15, -0.1) is 11.8 Å². The maximum absolute atomic E-state index is 5.34. The largest absolute Gasteiger partial charge is 0.496 e. The third-order valence-corrected chi connectivity index (χ3v) is 4.74. The molecule has 0 bridgehead atoms. The van der Waals surface area contributed by atoms with Gasteiger partial charge in [-0.2, -0.15) is 0 Å². The Morgan fingerprint density at radius 3 is 2.56 bits per heavy atom. The van der Waals surface area contributed by atoms with Crippen molar-refractivity contribution < 1.29 is 4.74 Å². The Balaban J connectivity index is 2.59. The van der Waals surface area contributed by atoms with Crippen molar-refractivity contribution >= 4 is 27.7 Å². The molecule has 0 aliphatic heterocycles. The van der Waals surface area contributed by atoms with Crippen LogP contribution >= 0.6 is 27.7 Å². The van der Waals surface area contributed by atoms with E-state index in [1.807, 2.05) is 23.9 Å². The maximum atomic E-state index is 5.34. The van der Waals surface area contributed by atoms with Crippen LogP contribution in [0.15, 0.2) is 29.2 Å². The molecule has 1 aromatic rings. The van der Waals surface area contributed by atoms with E-state index >= 15 is 0 Å². The molecule has 0 saturated heterocycles. The normalized spacial score (nSPS) is 12.8. The molecule has 1 nitrogen and oxygen atoms in total. The molecule has 1 rings (SSSR count). The van der Waals surface area contributed by atoms with Gasteiger partial charge in [-0.05, 0) is 24.0 Å². The van der Waals surface area contributed by atoms with Crippen LogP contribution in [0.2, 0.25) is 0 Å². The van der Waals surface area contributed by atoms with Gasteiger partial charge in [0.1, 0.15) is 5.75 Å². The second kappa shape index (κ2) is 7.23. The molecular weight excluding hydrogens is 284 g/mol. The van der Waals surface area contributed by atoms with Crippen LogP contribution in [0.25, 0.3) is 0 Å². The fraction of sp³-hybridized carbons (Fsp3) is 0.538. The molecule has 0 spiro atoms. The Labute approximate surface area is 111 Å². The topological polar surface area (TPSA) is 9.23 Å². The van der Waals surface area contributed by atoms with Gasteiger partial charge >= 0.3 is 0 Å². The fourth-order valence-corrected chi connectivity index (χ4v) is 3.99. The number of para-hydroxylation sites is 1. The predicted molar refractivity (Wildman–Crippen MR) is 75.8 cm³/mol. The standard InChI is InChI=1S/C13H19BrOS/c1-10(2)11(8-14)9-16-13-7-5-4-6-12(13)15-3/h4-7,10-11H,8-9H2,1-3H3. The van der Waals surface area contributed by atoms with E-state index in [4.69, 9.17) is 4.74 Å². The van der Waals surface area contributed by atoms with Gasteiger partial charge in [-0.3, -0.25) is 0 Å². The van der Waals surface area contributed by atoms with Crippen LogP contribution < -0.4 is 4.74 Å². The lowest BCUT2D eigenvalue weighted by Crippen LogP contribution is -2.12. The van der Waals surface area contributed by atoms with Gasteiger partial charge in [0, 0.05) is 16.0 Å². The molecule has 90 valence electrons. The number of halogens is 1. The zero-order chi connectivity index (χ0) is 12.0. The van der Waals surface area contributed by atoms with Gasteiger partial charge in [0.15, 0.2) is 0 Å². The Kier molecular flexibility index (Phi) is 6.29. The molecular formula is C13H19BrOS. The number of rotatable bonds is 6. The number of ether oxygens (including phenoxy) is 1. The Morgan fingerprint density at radius 2 is 2.00 bits per heavy atom. The zero-order valence-electron chi connectivity index (χ0n) is 10.1. The van der Waals surface area contributed by atoms with E-state index in [-0.39, 0.29) is 0 Å². The van der Waals surface area contributed by atoms with Crippen LogP contribution in [0.1, 0.15) is 13.8 Å². The quantitative estimate of drug-likeness (QED) is 0.567. The van der Waals surface area contributed by atoms with Gasteiger partial charge in [-0.25, -0.2) is 0 Å². The van der Waals surface area contributed by atoms with Crippen molar-refractivity contribution in [2.24, 2.45) is 11.8 Å². The lowest BCUT2D eigenvalue weighted by atomic mass is 10.0. The first-order valence-corrected chi connectivity index (χ1v) is 7.61. The van der Waals surface area contributed by atoms with E-state index in [9.17, 15) is 0 Å². The average molecular weight is 303 g/mol. The summed E-state index contributed by atoms with van der Waals surface area (Å²) in [6.07, 6.45) is 0. The molecule has 0 radical (unpaired) electrons. The van der Waals surface area contributed by atoms with Crippen molar-refractivity contribution in [3.05, 3.63) is 24.3 Å². The molecule has 0 fully saturated rings. The minimum Gasteiger partial charge on any atom is -0.496 e. The van der Waals surface area contributed by atoms with Crippen molar-refractivity contribution in [1.82, 2.24) is 0 Å². The lowest BCUT2D eigenvalue weighted by molar-refractivity contribution is 0.404. The number of thioether (sulfide) groups is 1. The first-order chi connectivity index (χ1) is 7.69. The summed E-state index contributed by atoms with van der Waals surface area (Å²) in [5, 5.41) is 1.06. The molecule has 0 N–H and O–H groups in total. The SMILES string of the molecule is COc1ccccc1SCC(CBr)C(C)C. The molecule has 16 heavy (non-hydrogen) atoms. The van der Waals surface area contributed by atoms with Crippen molar-refractivity contribution in [2.75, 3.05) is 18.2 Å². The summed E-state index contributed by atoms with van der Waals surface area (Å²) in [7, 11) is 1.73. The molecule has 3 heteroatoms. The Morgan fingerprint density at radius 1 is 1.31 bits per heavy atom. The molecule has 0 amide bonds. The van der Waals surface area contributed by atoms with E-state index in [0.717, 1.165) is 16.8 Å². The van der Waals surface area contributed by atoms with Gasteiger partial charge in [0.25, 0.3) is 0 Å². The van der Waals surface area contributed by atoms with E-state index < -0.39 is 0 Å². The third-order valence-electron chi connectivity index (χ3n) is 2.66. The summed E-state index contributed by atoms with van der Waals surface area (Å²) in [5.41, 5.74) is 0. The number of hydrogen-bond acceptors (Lipinski definition) is 2. The average Bonchev–Trinajstić information content (AvgIpc) is 2.30. The minimum absolute atomic E-state index is 0.704. The highest BCUT2D eigenvalue weighted by Crippen LogP contribution is 2.31. The van der Waals surface area contributed by atoms with E-state index in [1.165, 1.54) is 4.90 Å². The molecule has 1 unspecified atom stereocenters. The summed E-state index contributed by atoms with van der Waals surface area (Å²) < 4.78 is 5.34. The van der Waals surface area contributed by atoms with E-state index in [2.05, 4.69) is 41.9 Å². The van der Waals surface area contributed by atoms with Crippen molar-refractivity contribution in [2.45, 2.75) is 18.7 Å². The van der Waals surface area contributed by atoms with Crippen LogP contribution in [-0.4, -0.2) is 18.2 Å². The summed E-state index contributed by atoms with van der Waals surface area (Å²) in [5.74, 6) is 3.52. The van der Waals surface area contributed by atoms with E-state index in [0.29, 0.717) is 11.8 Å². The summed E-state index contributed by atoms with van der Waals surface area (Å²) in [6.45, 7) is 4.55. The van der Waals surface area contributed by atoms with E-state index in [1.54, 1.807) is 7.11 Å². The molecule has 0 aromatic heterocycles. The highest BCUT2D eigenvalue weighted by atomic mass is 79.9. The van der Waals surface area contributed by atoms with Crippen LogP contribution in [0.4, 0.5) is 0 Å². The monoisotopic (exact) mass is 302 g/mol. The highest BCUT2D eigenvalue weighted by molar-refractivity contribution is 9.09. The van der Waals surface area contributed by atoms with Gasteiger partial charge < -0.3 is 4.74 Å². The third kappa shape index (κ3) is 4.02. The summed E-state index contributed by atoms with van der Waals surface area (Å²) in [4.78, 5) is 1.23. The lowest BCUT2D eigenvalue weighted by Gasteiger charge is -2.18. The highest BCUT2D eigenvalue weighted by Gasteiger charge is 2.13. The van der Waals surface area contributed by atoms with Crippen LogP contribution in [0.3, 0.4) is 0 Å². The predicted octanol–water partition coefficient (Wildman–Crippen LogP) is 4.45. The number of benzene rings is 1. The number of hydrogen-bond donors (Lipinski definition) is 0. The molecule has 1 aromatic carbocycles. The molecule has 0 heterocycles. The van der Waals surface area contributed by atoms with Gasteiger partial charge in [0.2, 0.25) is 0 Å². The second-order valence-corrected chi connectivity index (χ2v) is 5.83. The maximum Gasteiger partial charge on any atom is 0.132 e. The van der Waals surface area contributed by atoms with Crippen LogP contribution in [-0.2, 0) is 0 Å². The number of methoxy groups -OCH3 is 1. The fourth-order valence-electron chi connectivity index (χ4n) is 1.35. The van der Waals surface area contributed by atoms with Gasteiger partial charge in [-0.1, -0.05) is 41.9 Å². The smallest absolute Gasteiger partial charge is 0.132 e. The van der Waals surface area contributed by atoms with Crippen LogP contribution in [0.5, 0.6) is 5.75 Å².